The molecule has 1 aliphatic heterocycles. The van der Waals surface area contributed by atoms with Gasteiger partial charge in [-0.15, -0.1) is 13.2 Å². The molecule has 1 aromatic heterocycles. The predicted molar refractivity (Wildman–Crippen MR) is 112 cm³/mol. The zero-order chi connectivity index (χ0) is 23.8. The van der Waals surface area contributed by atoms with Gasteiger partial charge < -0.3 is 9.26 Å². The number of aromatic nitrogens is 2. The van der Waals surface area contributed by atoms with Crippen molar-refractivity contribution in [3.8, 4) is 17.1 Å². The summed E-state index contributed by atoms with van der Waals surface area (Å²) in [6, 6.07) is 10.2. The van der Waals surface area contributed by atoms with Gasteiger partial charge in [-0.2, -0.15) is 4.98 Å². The maximum atomic E-state index is 12.6. The Balaban J connectivity index is 1.44. The summed E-state index contributed by atoms with van der Waals surface area (Å²) < 4.78 is 74.1. The van der Waals surface area contributed by atoms with Gasteiger partial charge in [0.15, 0.2) is 0 Å². The van der Waals surface area contributed by atoms with E-state index in [-0.39, 0.29) is 28.4 Å². The fourth-order valence-electron chi connectivity index (χ4n) is 3.57. The standard InChI is InChI=1S/C20H18ClF3N4O4S/c1-28-11-14(27-33(29,30)16-8-4-13(21)5-9-16)10-17(28)19-25-18(26-32-19)12-2-6-15(7-3-12)31-20(22,23)24/h2-9,14,17,27H,10-11H2,1H3. The summed E-state index contributed by atoms with van der Waals surface area (Å²) in [5.41, 5.74) is 0.445. The lowest BCUT2D eigenvalue weighted by Gasteiger charge is -2.14. The topological polar surface area (TPSA) is 97.6 Å². The molecule has 0 bridgehead atoms. The van der Waals surface area contributed by atoms with Crippen molar-refractivity contribution in [2.75, 3.05) is 13.6 Å². The molecule has 0 radical (unpaired) electrons. The van der Waals surface area contributed by atoms with Gasteiger partial charge in [0.25, 0.3) is 0 Å². The first-order chi connectivity index (χ1) is 15.5. The number of nitrogens with zero attached hydrogens (tertiary/aromatic N) is 3. The summed E-state index contributed by atoms with van der Waals surface area (Å²) >= 11 is 5.82. The zero-order valence-corrected chi connectivity index (χ0v) is 18.7. The first-order valence-electron chi connectivity index (χ1n) is 9.68. The summed E-state index contributed by atoms with van der Waals surface area (Å²) in [6.45, 7) is 0.415. The van der Waals surface area contributed by atoms with Crippen LogP contribution in [0, 0.1) is 0 Å². The molecule has 1 fully saturated rings. The van der Waals surface area contributed by atoms with E-state index in [2.05, 4.69) is 19.6 Å². The van der Waals surface area contributed by atoms with Crippen LogP contribution in [0.3, 0.4) is 0 Å². The summed E-state index contributed by atoms with van der Waals surface area (Å²) in [7, 11) is -1.94. The van der Waals surface area contributed by atoms with Gasteiger partial charge in [-0.3, -0.25) is 4.90 Å². The summed E-state index contributed by atoms with van der Waals surface area (Å²) in [6.07, 6.45) is -4.39. The van der Waals surface area contributed by atoms with E-state index in [0.717, 1.165) is 12.1 Å². The number of likely N-dealkylation sites (N-methyl/N-ethyl adjacent to an activating group) is 1. The van der Waals surface area contributed by atoms with Gasteiger partial charge in [0.05, 0.1) is 10.9 Å². The van der Waals surface area contributed by atoms with Gasteiger partial charge in [-0.25, -0.2) is 13.1 Å². The second-order valence-electron chi connectivity index (χ2n) is 7.49. The monoisotopic (exact) mass is 502 g/mol. The fourth-order valence-corrected chi connectivity index (χ4v) is 4.93. The van der Waals surface area contributed by atoms with Crippen LogP contribution in [-0.2, 0) is 10.0 Å². The molecule has 1 aliphatic rings. The summed E-state index contributed by atoms with van der Waals surface area (Å²) in [4.78, 5) is 6.33. The van der Waals surface area contributed by atoms with Crippen molar-refractivity contribution in [2.24, 2.45) is 0 Å². The molecule has 0 spiro atoms. The Hall–Kier alpha value is -2.67. The van der Waals surface area contributed by atoms with Crippen molar-refractivity contribution in [1.82, 2.24) is 19.8 Å². The summed E-state index contributed by atoms with van der Waals surface area (Å²) in [5.74, 6) is 0.111. The molecule has 0 saturated carbocycles. The molecular weight excluding hydrogens is 485 g/mol. The third-order valence-corrected chi connectivity index (χ3v) is 6.86. The van der Waals surface area contributed by atoms with Gasteiger partial charge in [0.2, 0.25) is 21.7 Å². The molecule has 0 aliphatic carbocycles. The first-order valence-corrected chi connectivity index (χ1v) is 11.5. The van der Waals surface area contributed by atoms with E-state index >= 15 is 0 Å². The Morgan fingerprint density at radius 2 is 1.82 bits per heavy atom. The molecule has 2 atom stereocenters. The molecule has 1 N–H and O–H groups in total. The number of hydrogen-bond donors (Lipinski definition) is 1. The fraction of sp³-hybridized carbons (Fsp3) is 0.300. The van der Waals surface area contributed by atoms with Crippen molar-refractivity contribution in [2.45, 2.75) is 29.8 Å². The van der Waals surface area contributed by atoms with E-state index in [1.165, 1.54) is 36.4 Å². The van der Waals surface area contributed by atoms with Crippen molar-refractivity contribution in [3.63, 3.8) is 0 Å². The van der Waals surface area contributed by atoms with Gasteiger partial charge in [0.1, 0.15) is 5.75 Å². The van der Waals surface area contributed by atoms with E-state index in [1.807, 2.05) is 4.90 Å². The van der Waals surface area contributed by atoms with Gasteiger partial charge in [0, 0.05) is 23.2 Å². The number of alkyl halides is 3. The number of halogens is 4. The highest BCUT2D eigenvalue weighted by molar-refractivity contribution is 7.89. The zero-order valence-electron chi connectivity index (χ0n) is 17.1. The second kappa shape index (κ2) is 8.93. The van der Waals surface area contributed by atoms with Crippen molar-refractivity contribution in [3.05, 3.63) is 59.4 Å². The van der Waals surface area contributed by atoms with Crippen LogP contribution in [0.25, 0.3) is 11.4 Å². The van der Waals surface area contributed by atoms with Gasteiger partial charge in [-0.1, -0.05) is 16.8 Å². The molecule has 176 valence electrons. The molecule has 8 nitrogen and oxygen atoms in total. The van der Waals surface area contributed by atoms with Crippen molar-refractivity contribution >= 4 is 21.6 Å². The van der Waals surface area contributed by atoms with Crippen LogP contribution < -0.4 is 9.46 Å². The normalized spacial score (nSPS) is 19.7. The number of ether oxygens (including phenoxy) is 1. The van der Waals surface area contributed by atoms with E-state index in [4.69, 9.17) is 16.1 Å². The van der Waals surface area contributed by atoms with Gasteiger partial charge >= 0.3 is 6.36 Å². The van der Waals surface area contributed by atoms with E-state index in [1.54, 1.807) is 7.05 Å². The van der Waals surface area contributed by atoms with Gasteiger partial charge in [-0.05, 0) is 62.0 Å². The number of rotatable bonds is 6. The predicted octanol–water partition coefficient (Wildman–Crippen LogP) is 4.01. The SMILES string of the molecule is CN1CC(NS(=O)(=O)c2ccc(Cl)cc2)CC1c1nc(-c2ccc(OC(F)(F)F)cc2)no1. The number of hydrogen-bond acceptors (Lipinski definition) is 7. The molecule has 2 heterocycles. The maximum absolute atomic E-state index is 12.6. The number of nitrogens with one attached hydrogen (secondary N) is 1. The first kappa shape index (κ1) is 23.5. The molecule has 2 aromatic carbocycles. The largest absolute Gasteiger partial charge is 0.573 e. The highest BCUT2D eigenvalue weighted by Gasteiger charge is 2.37. The lowest BCUT2D eigenvalue weighted by atomic mass is 10.2. The minimum absolute atomic E-state index is 0.107. The van der Waals surface area contributed by atoms with Crippen molar-refractivity contribution < 1.29 is 30.8 Å². The molecule has 0 amide bonds. The third kappa shape index (κ3) is 5.64. The minimum atomic E-state index is -4.78. The summed E-state index contributed by atoms with van der Waals surface area (Å²) in [5, 5.41) is 4.33. The molecule has 33 heavy (non-hydrogen) atoms. The van der Waals surface area contributed by atoms with Crippen LogP contribution in [0.2, 0.25) is 5.02 Å². The Kier molecular flexibility index (Phi) is 6.36. The Labute approximate surface area is 192 Å². The Morgan fingerprint density at radius 3 is 2.45 bits per heavy atom. The smallest absolute Gasteiger partial charge is 0.406 e. The molecule has 3 aromatic rings. The molecular formula is C20H18ClF3N4O4S. The average molecular weight is 503 g/mol. The van der Waals surface area contributed by atoms with Crippen LogP contribution in [0.1, 0.15) is 18.4 Å². The maximum Gasteiger partial charge on any atom is 0.573 e. The van der Waals surface area contributed by atoms with Crippen LogP contribution in [0.15, 0.2) is 57.9 Å². The Morgan fingerprint density at radius 1 is 1.15 bits per heavy atom. The number of sulfonamides is 1. The van der Waals surface area contributed by atoms with E-state index < -0.39 is 22.4 Å². The molecule has 13 heteroatoms. The quantitative estimate of drug-likeness (QED) is 0.544. The lowest BCUT2D eigenvalue weighted by Crippen LogP contribution is -2.36. The lowest BCUT2D eigenvalue weighted by molar-refractivity contribution is -0.274. The van der Waals surface area contributed by atoms with E-state index in [0.29, 0.717) is 23.6 Å². The molecule has 4 rings (SSSR count). The van der Waals surface area contributed by atoms with Crippen LogP contribution >= 0.6 is 11.6 Å². The van der Waals surface area contributed by atoms with E-state index in [9.17, 15) is 21.6 Å². The third-order valence-electron chi connectivity index (χ3n) is 5.07. The highest BCUT2D eigenvalue weighted by atomic mass is 35.5. The number of likely N-dealkylation sites (tertiary alicyclic amines) is 1. The van der Waals surface area contributed by atoms with Crippen LogP contribution in [0.4, 0.5) is 13.2 Å². The van der Waals surface area contributed by atoms with Crippen LogP contribution in [-0.4, -0.2) is 49.5 Å². The number of benzene rings is 2. The minimum Gasteiger partial charge on any atom is -0.406 e. The molecule has 1 saturated heterocycles. The average Bonchev–Trinajstić information content (AvgIpc) is 3.34. The van der Waals surface area contributed by atoms with Crippen LogP contribution in [0.5, 0.6) is 5.75 Å². The highest BCUT2D eigenvalue weighted by Crippen LogP contribution is 2.32. The van der Waals surface area contributed by atoms with Crippen molar-refractivity contribution in [1.29, 1.82) is 0 Å². The Bertz CT molecular complexity index is 1220. The second-order valence-corrected chi connectivity index (χ2v) is 9.64. The molecule has 2 unspecified atom stereocenters.